The second-order valence-electron chi connectivity index (χ2n) is 22.0. The Morgan fingerprint density at radius 2 is 1.42 bits per heavy atom. The molecular weight excluding hydrogens is 1130 g/mol. The molecule has 0 bridgehead atoms. The van der Waals surface area contributed by atoms with Crippen molar-refractivity contribution in [1.82, 2.24) is 24.5 Å². The van der Waals surface area contributed by atoms with Crippen LogP contribution >= 0.6 is 0 Å². The van der Waals surface area contributed by atoms with Crippen molar-refractivity contribution in [2.75, 3.05) is 0 Å². The van der Waals surface area contributed by atoms with Gasteiger partial charge in [0.05, 0.1) is 28.0 Å². The number of nitriles is 1. The minimum Gasteiger partial charge on any atom is -0.486 e. The molecule has 1 radical (unpaired) electrons. The molecule has 0 fully saturated rings. The Hall–Kier alpha value is -6.76. The first kappa shape index (κ1) is 51.2. The summed E-state index contributed by atoms with van der Waals surface area (Å²) in [6.45, 7) is 18.0. The van der Waals surface area contributed by atoms with Crippen molar-refractivity contribution in [3.05, 3.63) is 180 Å². The van der Waals surface area contributed by atoms with Gasteiger partial charge in [0.15, 0.2) is 0 Å². The monoisotopic (exact) mass is 1200 g/mol. The summed E-state index contributed by atoms with van der Waals surface area (Å²) >= 11 is -1.90. The molecule has 0 amide bonds. The van der Waals surface area contributed by atoms with Crippen molar-refractivity contribution >= 4 is 72.4 Å². The van der Waals surface area contributed by atoms with Gasteiger partial charge < -0.3 is 8.98 Å². The molecule has 11 rings (SSSR count). The molecule has 5 aromatic heterocycles. The van der Waals surface area contributed by atoms with E-state index in [-0.39, 0.29) is 31.9 Å². The molecule has 73 heavy (non-hydrogen) atoms. The van der Waals surface area contributed by atoms with Gasteiger partial charge in [-0.05, 0) is 94.3 Å². The third kappa shape index (κ3) is 10.2. The van der Waals surface area contributed by atoms with Crippen LogP contribution in [0.1, 0.15) is 88.4 Å². The number of imidazole rings is 1. The summed E-state index contributed by atoms with van der Waals surface area (Å²) in [6.07, 6.45) is 3.24. The van der Waals surface area contributed by atoms with Gasteiger partial charge in [-0.15, -0.1) is 18.2 Å². The zero-order valence-electron chi connectivity index (χ0n) is 43.6. The Labute approximate surface area is 445 Å². The van der Waals surface area contributed by atoms with Gasteiger partial charge in [-0.25, -0.2) is 4.98 Å². The first-order valence-electron chi connectivity index (χ1n) is 25.0. The fourth-order valence-corrected chi connectivity index (χ4v) is 13.3. The van der Waals surface area contributed by atoms with E-state index >= 15 is 0 Å². The van der Waals surface area contributed by atoms with Crippen LogP contribution < -0.4 is 4.40 Å². The molecule has 6 aromatic carbocycles. The van der Waals surface area contributed by atoms with Crippen LogP contribution in [-0.2, 0) is 26.5 Å². The number of hydrogen-bond donors (Lipinski definition) is 0. The van der Waals surface area contributed by atoms with Crippen molar-refractivity contribution in [3.63, 3.8) is 0 Å². The Balaban J connectivity index is 0.000000251. The van der Waals surface area contributed by atoms with Gasteiger partial charge in [-0.2, -0.15) is 5.26 Å². The summed E-state index contributed by atoms with van der Waals surface area (Å²) in [5, 5.41) is 14.8. The zero-order chi connectivity index (χ0) is 50.6. The maximum Gasteiger partial charge on any atom is 0.217 e. The second-order valence-corrected chi connectivity index (χ2v) is 32.5. The molecular formula is C64H60GeIrN6O-2. The Bertz CT molecular complexity index is 3880. The first-order chi connectivity index (χ1) is 34.4. The number of fused-ring (bicyclic) bond motifs is 7. The third-order valence-corrected chi connectivity index (χ3v) is 17.8. The molecule has 5 heterocycles. The SMILES string of the molecule is CC(C)(C)Cc1cc(-c2[c-]cccc2)nc[c]1[Ge]([CH3])([CH3])[CH3].Cc1ccc2ccc3nc(-c4[c-]ccc5c4oc4nc(C#N)ccc45)n(-c4c(C(C)C)cc(-c5ccc6ccccc6c5)cc4C(C)C)c3c2n1.[Ir]. The van der Waals surface area contributed by atoms with Crippen molar-refractivity contribution in [3.8, 4) is 45.5 Å². The number of rotatable bonds is 8. The average molecular weight is 1190 g/mol. The Kier molecular flexibility index (Phi) is 14.2. The molecule has 0 saturated carbocycles. The maximum atomic E-state index is 9.55. The third-order valence-electron chi connectivity index (χ3n) is 13.5. The van der Waals surface area contributed by atoms with E-state index < -0.39 is 13.3 Å². The van der Waals surface area contributed by atoms with E-state index in [1.54, 1.807) is 6.07 Å². The number of nitrogens with zero attached hydrogens (tertiary/aromatic N) is 6. The Morgan fingerprint density at radius 3 is 2.11 bits per heavy atom. The van der Waals surface area contributed by atoms with Crippen LogP contribution in [0.5, 0.6) is 0 Å². The predicted molar refractivity (Wildman–Crippen MR) is 301 cm³/mol. The molecule has 7 nitrogen and oxygen atoms in total. The number of aromatic nitrogens is 5. The van der Waals surface area contributed by atoms with E-state index in [2.05, 4.69) is 191 Å². The van der Waals surface area contributed by atoms with Crippen LogP contribution in [0, 0.1) is 35.8 Å². The fraction of sp³-hybridized carbons (Fsp3) is 0.234. The van der Waals surface area contributed by atoms with Crippen molar-refractivity contribution in [2.45, 2.75) is 90.9 Å². The Morgan fingerprint density at radius 1 is 0.712 bits per heavy atom. The smallest absolute Gasteiger partial charge is 0.217 e. The van der Waals surface area contributed by atoms with Gasteiger partial charge in [0, 0.05) is 42.3 Å². The zero-order valence-corrected chi connectivity index (χ0v) is 48.1. The largest absolute Gasteiger partial charge is 0.486 e. The topological polar surface area (TPSA) is 93.4 Å². The molecule has 0 aliphatic carbocycles. The van der Waals surface area contributed by atoms with Crippen LogP contribution in [-0.4, -0.2) is 37.8 Å². The quantitative estimate of drug-likeness (QED) is 0.111. The number of furan rings is 1. The molecule has 0 aliphatic heterocycles. The molecule has 9 heteroatoms. The normalized spacial score (nSPS) is 11.9. The van der Waals surface area contributed by atoms with Crippen molar-refractivity contribution in [1.29, 1.82) is 5.26 Å². The minimum atomic E-state index is -1.90. The van der Waals surface area contributed by atoms with Gasteiger partial charge in [-0.1, -0.05) is 87.2 Å². The molecule has 0 saturated heterocycles. The molecule has 11 aromatic rings. The predicted octanol–water partition coefficient (Wildman–Crippen LogP) is 16.3. The van der Waals surface area contributed by atoms with Gasteiger partial charge in [-0.3, -0.25) is 9.97 Å². The van der Waals surface area contributed by atoms with Crippen LogP contribution in [0.3, 0.4) is 0 Å². The average Bonchev–Trinajstić information content (AvgIpc) is 3.94. The summed E-state index contributed by atoms with van der Waals surface area (Å²) in [7, 11) is 0. The number of benzene rings is 6. The molecule has 0 unspecified atom stereocenters. The number of aryl methyl sites for hydroxylation is 1. The molecule has 0 atom stereocenters. The summed E-state index contributed by atoms with van der Waals surface area (Å²) in [5.74, 6) is 8.42. The molecule has 0 aliphatic rings. The summed E-state index contributed by atoms with van der Waals surface area (Å²) in [6, 6.07) is 55.2. The van der Waals surface area contributed by atoms with E-state index in [1.807, 2.05) is 43.3 Å². The van der Waals surface area contributed by atoms with Gasteiger partial charge >= 0.3 is 132 Å². The van der Waals surface area contributed by atoms with E-state index in [0.29, 0.717) is 28.2 Å². The summed E-state index contributed by atoms with van der Waals surface area (Å²) in [5.41, 5.74) is 15.5. The fourth-order valence-electron chi connectivity index (χ4n) is 10.0. The number of pyridine rings is 3. The van der Waals surface area contributed by atoms with Crippen LogP contribution in [0.25, 0.3) is 94.2 Å². The molecule has 367 valence electrons. The summed E-state index contributed by atoms with van der Waals surface area (Å²) in [4.78, 5) is 19.7. The molecule has 0 spiro atoms. The van der Waals surface area contributed by atoms with E-state index in [9.17, 15) is 5.26 Å². The number of hydrogen-bond acceptors (Lipinski definition) is 6. The maximum absolute atomic E-state index is 9.55. The van der Waals surface area contributed by atoms with Crippen molar-refractivity contribution in [2.24, 2.45) is 5.41 Å². The summed E-state index contributed by atoms with van der Waals surface area (Å²) < 4.78 is 10.3. The second kappa shape index (κ2) is 20.3. The standard InChI is InChI=1S/C45H34N5O.C19H26GeN.Ir/c1-25(2)37-22-32(31-16-15-28-9-6-7-10-30(28)21-31)23-38(26(3)4)41(37)50-42-39(20-17-29-14-13-27(5)47-40(29)42)49-44(50)36-12-8-11-34-35-19-18-33(24-46)48-45(35)51-43(34)36;1-19(2,3)13-16-12-18(15-10-8-7-9-11-15)21-14-17(16)20(4,5)6;/h6-11,13-23,25-26H,1-5H3;7-10,12,14H,13H2,1-6H3;/q2*-1;. The van der Waals surface area contributed by atoms with E-state index in [4.69, 9.17) is 19.4 Å². The van der Waals surface area contributed by atoms with E-state index in [0.717, 1.165) is 67.3 Å². The van der Waals surface area contributed by atoms with Gasteiger partial charge in [0.2, 0.25) is 5.71 Å². The first-order valence-corrected chi connectivity index (χ1v) is 32.4. The van der Waals surface area contributed by atoms with Crippen molar-refractivity contribution < 1.29 is 24.5 Å². The van der Waals surface area contributed by atoms with Gasteiger partial charge in [0.1, 0.15) is 11.8 Å². The van der Waals surface area contributed by atoms with Crippen LogP contribution in [0.2, 0.25) is 17.3 Å². The van der Waals surface area contributed by atoms with Crippen LogP contribution in [0.4, 0.5) is 0 Å². The minimum absolute atomic E-state index is 0. The molecule has 0 N–H and O–H groups in total. The van der Waals surface area contributed by atoms with Crippen LogP contribution in [0.15, 0.2) is 144 Å². The van der Waals surface area contributed by atoms with E-state index in [1.165, 1.54) is 43.0 Å². The van der Waals surface area contributed by atoms with Gasteiger partial charge in [0.25, 0.3) is 0 Å².